The van der Waals surface area contributed by atoms with Crippen LogP contribution in [0.15, 0.2) is 24.3 Å². The van der Waals surface area contributed by atoms with Crippen LogP contribution in [0.1, 0.15) is 25.7 Å². The number of rotatable bonds is 3. The molecule has 0 saturated carbocycles. The van der Waals surface area contributed by atoms with Crippen LogP contribution >= 0.6 is 11.6 Å². The van der Waals surface area contributed by atoms with Gasteiger partial charge in [-0.05, 0) is 44.0 Å². The number of hydrogen-bond acceptors (Lipinski definition) is 3. The Morgan fingerprint density at radius 1 is 1.40 bits per heavy atom. The molecular weight excluding hydrogens is 276 g/mol. The van der Waals surface area contributed by atoms with Crippen LogP contribution in [-0.2, 0) is 4.79 Å². The fraction of sp³-hybridized carbons (Fsp3) is 0.533. The third kappa shape index (κ3) is 2.27. The van der Waals surface area contributed by atoms with E-state index in [0.717, 1.165) is 31.6 Å². The highest BCUT2D eigenvalue weighted by atomic mass is 35.5. The third-order valence-corrected chi connectivity index (χ3v) is 4.78. The Hall–Kier alpha value is -1.26. The van der Waals surface area contributed by atoms with E-state index in [0.29, 0.717) is 11.4 Å². The maximum absolute atomic E-state index is 11.9. The molecule has 0 aliphatic carbocycles. The number of carboxylic acid groups (broad SMARTS) is 1. The highest BCUT2D eigenvalue weighted by molar-refractivity contribution is 6.30. The molecule has 2 N–H and O–H groups in total. The second-order valence-corrected chi connectivity index (χ2v) is 6.15. The van der Waals surface area contributed by atoms with Gasteiger partial charge in [-0.3, -0.25) is 4.90 Å². The summed E-state index contributed by atoms with van der Waals surface area (Å²) in [6.07, 6.45) is 3.86. The Balaban J connectivity index is 1.90. The van der Waals surface area contributed by atoms with E-state index in [1.165, 1.54) is 6.42 Å². The topological polar surface area (TPSA) is 52.6 Å². The summed E-state index contributed by atoms with van der Waals surface area (Å²) in [6.45, 7) is 1.86. The molecule has 2 fully saturated rings. The van der Waals surface area contributed by atoms with E-state index in [4.69, 9.17) is 11.6 Å². The molecule has 20 heavy (non-hydrogen) atoms. The zero-order valence-corrected chi connectivity index (χ0v) is 12.1. The first-order chi connectivity index (χ1) is 9.62. The molecule has 2 aliphatic heterocycles. The Labute approximate surface area is 123 Å². The van der Waals surface area contributed by atoms with Crippen LogP contribution in [-0.4, -0.2) is 40.6 Å². The fourth-order valence-corrected chi connectivity index (χ4v) is 3.77. The average Bonchev–Trinajstić information content (AvgIpc) is 2.79. The first kappa shape index (κ1) is 13.7. The second kappa shape index (κ2) is 5.26. The van der Waals surface area contributed by atoms with Crippen LogP contribution in [0.5, 0.6) is 0 Å². The predicted octanol–water partition coefficient (Wildman–Crippen LogP) is 2.83. The molecular formula is C15H19ClN2O2. The maximum Gasteiger partial charge on any atom is 0.331 e. The van der Waals surface area contributed by atoms with Crippen LogP contribution in [0, 0.1) is 0 Å². The van der Waals surface area contributed by atoms with Gasteiger partial charge in [-0.2, -0.15) is 0 Å². The third-order valence-electron chi connectivity index (χ3n) is 4.55. The normalized spacial score (nSPS) is 29.9. The molecule has 1 aromatic carbocycles. The lowest BCUT2D eigenvalue weighted by molar-refractivity contribution is -0.143. The summed E-state index contributed by atoms with van der Waals surface area (Å²) < 4.78 is 0. The zero-order valence-electron chi connectivity index (χ0n) is 11.3. The number of nitrogens with one attached hydrogen (secondary N) is 1. The van der Waals surface area contributed by atoms with E-state index >= 15 is 0 Å². The van der Waals surface area contributed by atoms with Crippen molar-refractivity contribution in [1.29, 1.82) is 0 Å². The molecule has 0 aromatic heterocycles. The van der Waals surface area contributed by atoms with Gasteiger partial charge >= 0.3 is 5.97 Å². The molecule has 0 radical (unpaired) electrons. The van der Waals surface area contributed by atoms with Gasteiger partial charge in [0.25, 0.3) is 0 Å². The lowest BCUT2D eigenvalue weighted by Gasteiger charge is -2.39. The van der Waals surface area contributed by atoms with E-state index in [9.17, 15) is 9.90 Å². The molecule has 2 heterocycles. The number of anilines is 1. The quantitative estimate of drug-likeness (QED) is 0.900. The van der Waals surface area contributed by atoms with Crippen molar-refractivity contribution in [3.05, 3.63) is 29.3 Å². The summed E-state index contributed by atoms with van der Waals surface area (Å²) in [5, 5.41) is 13.7. The van der Waals surface area contributed by atoms with Gasteiger partial charge in [-0.1, -0.05) is 24.1 Å². The van der Waals surface area contributed by atoms with Gasteiger partial charge in [0.15, 0.2) is 5.54 Å². The van der Waals surface area contributed by atoms with E-state index < -0.39 is 11.5 Å². The summed E-state index contributed by atoms with van der Waals surface area (Å²) in [5.41, 5.74) is -0.0993. The summed E-state index contributed by atoms with van der Waals surface area (Å²) in [6, 6.07) is 7.38. The largest absolute Gasteiger partial charge is 0.479 e. The number of carbonyl (C=O) groups is 1. The van der Waals surface area contributed by atoms with E-state index in [2.05, 4.69) is 10.2 Å². The van der Waals surface area contributed by atoms with Crippen molar-refractivity contribution in [3.8, 4) is 0 Å². The molecule has 1 aromatic rings. The number of nitrogens with zero attached hydrogens (tertiary/aromatic N) is 1. The van der Waals surface area contributed by atoms with E-state index in [-0.39, 0.29) is 6.04 Å². The monoisotopic (exact) mass is 294 g/mol. The van der Waals surface area contributed by atoms with Crippen molar-refractivity contribution in [3.63, 3.8) is 0 Å². The molecule has 0 spiro atoms. The minimum absolute atomic E-state index is 0.0766. The Kier molecular flexibility index (Phi) is 3.61. The first-order valence-corrected chi connectivity index (χ1v) is 7.51. The van der Waals surface area contributed by atoms with Gasteiger partial charge in [0.1, 0.15) is 0 Å². The van der Waals surface area contributed by atoms with Crippen LogP contribution in [0.2, 0.25) is 5.02 Å². The Morgan fingerprint density at radius 3 is 3.00 bits per heavy atom. The van der Waals surface area contributed by atoms with E-state index in [1.54, 1.807) is 12.1 Å². The maximum atomic E-state index is 11.9. The van der Waals surface area contributed by atoms with Crippen molar-refractivity contribution in [2.24, 2.45) is 0 Å². The molecule has 2 aliphatic rings. The van der Waals surface area contributed by atoms with E-state index in [1.807, 2.05) is 12.1 Å². The number of aliphatic carboxylic acids is 1. The summed E-state index contributed by atoms with van der Waals surface area (Å²) in [5.74, 6) is -0.758. The van der Waals surface area contributed by atoms with Crippen LogP contribution < -0.4 is 5.32 Å². The molecule has 108 valence electrons. The van der Waals surface area contributed by atoms with Crippen molar-refractivity contribution in [1.82, 2.24) is 4.90 Å². The first-order valence-electron chi connectivity index (χ1n) is 7.13. The number of carboxylic acids is 1. The lowest BCUT2D eigenvalue weighted by Crippen LogP contribution is -2.57. The van der Waals surface area contributed by atoms with Crippen LogP contribution in [0.3, 0.4) is 0 Å². The van der Waals surface area contributed by atoms with Gasteiger partial charge < -0.3 is 10.4 Å². The molecule has 2 unspecified atom stereocenters. The molecule has 2 saturated heterocycles. The van der Waals surface area contributed by atoms with Crippen LogP contribution in [0.25, 0.3) is 0 Å². The van der Waals surface area contributed by atoms with Gasteiger partial charge in [0, 0.05) is 23.3 Å². The number of hydrogen-bond donors (Lipinski definition) is 2. The van der Waals surface area contributed by atoms with Gasteiger partial charge in [-0.25, -0.2) is 4.79 Å². The second-order valence-electron chi connectivity index (χ2n) is 5.71. The van der Waals surface area contributed by atoms with Crippen molar-refractivity contribution < 1.29 is 9.90 Å². The smallest absolute Gasteiger partial charge is 0.331 e. The number of piperidine rings is 1. The van der Waals surface area contributed by atoms with Crippen molar-refractivity contribution in [2.45, 2.75) is 37.3 Å². The molecule has 4 nitrogen and oxygen atoms in total. The van der Waals surface area contributed by atoms with Gasteiger partial charge in [-0.15, -0.1) is 0 Å². The molecule has 0 amide bonds. The van der Waals surface area contributed by atoms with Gasteiger partial charge in [0.05, 0.1) is 0 Å². The predicted molar refractivity (Wildman–Crippen MR) is 79.3 cm³/mol. The number of halogens is 1. The summed E-state index contributed by atoms with van der Waals surface area (Å²) in [7, 11) is 0. The van der Waals surface area contributed by atoms with Crippen LogP contribution in [0.4, 0.5) is 5.69 Å². The summed E-state index contributed by atoms with van der Waals surface area (Å²) in [4.78, 5) is 14.3. The van der Waals surface area contributed by atoms with Gasteiger partial charge in [0.2, 0.25) is 0 Å². The number of fused-ring (bicyclic) bond motifs is 1. The minimum atomic E-state index is -0.884. The van der Waals surface area contributed by atoms with Crippen molar-refractivity contribution >= 4 is 23.3 Å². The molecule has 0 bridgehead atoms. The average molecular weight is 295 g/mol. The zero-order chi connectivity index (χ0) is 14.2. The molecule has 3 rings (SSSR count). The highest BCUT2D eigenvalue weighted by Gasteiger charge is 2.53. The highest BCUT2D eigenvalue weighted by Crippen LogP contribution is 2.38. The molecule has 2 atom stereocenters. The Morgan fingerprint density at radius 2 is 2.25 bits per heavy atom. The standard InChI is InChI=1S/C15H19ClN2O2/c16-11-4-3-5-12(10-11)17-15(14(19)20)7-9-18-8-2-1-6-13(15)18/h3-5,10,13,17H,1-2,6-9H2,(H,19,20). The fourth-order valence-electron chi connectivity index (χ4n) is 3.58. The Bertz CT molecular complexity index is 522. The SMILES string of the molecule is O=C(O)C1(Nc2cccc(Cl)c2)CCN2CCCCC21. The summed E-state index contributed by atoms with van der Waals surface area (Å²) >= 11 is 5.99. The van der Waals surface area contributed by atoms with Crippen molar-refractivity contribution in [2.75, 3.05) is 18.4 Å². The minimum Gasteiger partial charge on any atom is -0.479 e. The number of benzene rings is 1. The lowest BCUT2D eigenvalue weighted by atomic mass is 9.85. The molecule has 5 heteroatoms.